The van der Waals surface area contributed by atoms with Crippen molar-refractivity contribution in [2.45, 2.75) is 12.8 Å². The third kappa shape index (κ3) is 5.78. The van der Waals surface area contributed by atoms with Crippen LogP contribution in [0.4, 0.5) is 5.69 Å². The van der Waals surface area contributed by atoms with Crippen LogP contribution in [0.25, 0.3) is 0 Å². The molecular weight excluding hydrogens is 378 g/mol. The lowest BCUT2D eigenvalue weighted by atomic mass is 9.99. The lowest BCUT2D eigenvalue weighted by Crippen LogP contribution is -2.33. The molecule has 0 aromatic heterocycles. The fourth-order valence-electron chi connectivity index (χ4n) is 3.09. The topological polar surface area (TPSA) is 101 Å². The van der Waals surface area contributed by atoms with E-state index in [2.05, 4.69) is 22.8 Å². The van der Waals surface area contributed by atoms with Crippen LogP contribution < -0.4 is 16.4 Å². The van der Waals surface area contributed by atoms with Crippen molar-refractivity contribution in [2.24, 2.45) is 5.73 Å². The van der Waals surface area contributed by atoms with Gasteiger partial charge in [-0.25, -0.2) is 0 Å². The molecule has 0 saturated carbocycles. The molecule has 0 bridgehead atoms. The number of carbonyl (C=O) groups is 3. The van der Waals surface area contributed by atoms with Crippen LogP contribution in [0.5, 0.6) is 0 Å². The summed E-state index contributed by atoms with van der Waals surface area (Å²) in [6, 6.07) is 24.1. The molecule has 4 N–H and O–H groups in total. The number of hydrogen-bond acceptors (Lipinski definition) is 3. The van der Waals surface area contributed by atoms with Gasteiger partial charge in [0.05, 0.1) is 6.54 Å². The van der Waals surface area contributed by atoms with E-state index in [1.54, 1.807) is 30.3 Å². The third-order valence-corrected chi connectivity index (χ3v) is 4.59. The molecule has 0 saturated heterocycles. The predicted octanol–water partition coefficient (Wildman–Crippen LogP) is 2.94. The standard InChI is InChI=1S/C24H23N3O3/c25-22(28)16-26-23(29)19-10-6-11-20(15-19)27-24(30)21-12-5-4-9-18(21)14-13-17-7-2-1-3-8-17/h1-12,15H,13-14,16H2,(H2,25,28)(H,26,29)(H,27,30). The summed E-state index contributed by atoms with van der Waals surface area (Å²) in [6.07, 6.45) is 1.57. The van der Waals surface area contributed by atoms with Gasteiger partial charge in [-0.1, -0.05) is 54.6 Å². The average Bonchev–Trinajstić information content (AvgIpc) is 2.77. The minimum absolute atomic E-state index is 0.242. The molecule has 0 heterocycles. The zero-order chi connectivity index (χ0) is 21.3. The zero-order valence-corrected chi connectivity index (χ0v) is 16.4. The lowest BCUT2D eigenvalue weighted by Gasteiger charge is -2.11. The van der Waals surface area contributed by atoms with Gasteiger partial charge in [0.15, 0.2) is 0 Å². The maximum absolute atomic E-state index is 12.9. The highest BCUT2D eigenvalue weighted by Crippen LogP contribution is 2.17. The van der Waals surface area contributed by atoms with Crippen molar-refractivity contribution in [3.8, 4) is 0 Å². The van der Waals surface area contributed by atoms with Gasteiger partial charge in [0, 0.05) is 16.8 Å². The molecule has 0 fully saturated rings. The van der Waals surface area contributed by atoms with Gasteiger partial charge in [0.2, 0.25) is 5.91 Å². The molecule has 3 aromatic rings. The monoisotopic (exact) mass is 401 g/mol. The van der Waals surface area contributed by atoms with Gasteiger partial charge in [-0.15, -0.1) is 0 Å². The van der Waals surface area contributed by atoms with Gasteiger partial charge in [0.25, 0.3) is 11.8 Å². The fraction of sp³-hybridized carbons (Fsp3) is 0.125. The molecule has 6 nitrogen and oxygen atoms in total. The number of hydrogen-bond donors (Lipinski definition) is 3. The van der Waals surface area contributed by atoms with Gasteiger partial charge in [-0.2, -0.15) is 0 Å². The Hall–Kier alpha value is -3.93. The van der Waals surface area contributed by atoms with Crippen LogP contribution in [0.15, 0.2) is 78.9 Å². The van der Waals surface area contributed by atoms with E-state index in [-0.39, 0.29) is 12.5 Å². The minimum atomic E-state index is -0.625. The van der Waals surface area contributed by atoms with E-state index in [0.717, 1.165) is 18.4 Å². The van der Waals surface area contributed by atoms with Crippen molar-refractivity contribution in [3.05, 3.63) is 101 Å². The van der Waals surface area contributed by atoms with Crippen molar-refractivity contribution in [2.75, 3.05) is 11.9 Å². The molecule has 0 aliphatic rings. The van der Waals surface area contributed by atoms with Crippen molar-refractivity contribution in [1.29, 1.82) is 0 Å². The highest BCUT2D eigenvalue weighted by Gasteiger charge is 2.13. The van der Waals surface area contributed by atoms with Crippen LogP contribution in [0, 0.1) is 0 Å². The number of amides is 3. The van der Waals surface area contributed by atoms with Crippen LogP contribution >= 0.6 is 0 Å². The summed E-state index contributed by atoms with van der Waals surface area (Å²) in [5.41, 5.74) is 8.62. The van der Waals surface area contributed by atoms with Crippen molar-refractivity contribution < 1.29 is 14.4 Å². The van der Waals surface area contributed by atoms with Gasteiger partial charge in [-0.3, -0.25) is 14.4 Å². The second kappa shape index (κ2) is 10.0. The molecule has 0 spiro atoms. The van der Waals surface area contributed by atoms with Crippen LogP contribution in [0.1, 0.15) is 31.8 Å². The first kappa shape index (κ1) is 20.8. The summed E-state index contributed by atoms with van der Waals surface area (Å²) < 4.78 is 0. The van der Waals surface area contributed by atoms with E-state index >= 15 is 0 Å². The number of rotatable bonds is 8. The van der Waals surface area contributed by atoms with E-state index < -0.39 is 11.8 Å². The second-order valence-corrected chi connectivity index (χ2v) is 6.83. The molecule has 0 unspecified atom stereocenters. The number of primary amides is 1. The first-order chi connectivity index (χ1) is 14.5. The fourth-order valence-corrected chi connectivity index (χ4v) is 3.09. The SMILES string of the molecule is NC(=O)CNC(=O)c1cccc(NC(=O)c2ccccc2CCc2ccccc2)c1. The van der Waals surface area contributed by atoms with E-state index in [0.29, 0.717) is 16.8 Å². The third-order valence-electron chi connectivity index (χ3n) is 4.59. The Morgan fingerprint density at radius 3 is 2.27 bits per heavy atom. The maximum Gasteiger partial charge on any atom is 0.255 e. The van der Waals surface area contributed by atoms with E-state index in [1.807, 2.05) is 36.4 Å². The Morgan fingerprint density at radius 2 is 1.50 bits per heavy atom. The maximum atomic E-state index is 12.9. The Bertz CT molecular complexity index is 1050. The number of nitrogens with one attached hydrogen (secondary N) is 2. The molecule has 30 heavy (non-hydrogen) atoms. The molecule has 3 rings (SSSR count). The Kier molecular flexibility index (Phi) is 6.95. The zero-order valence-electron chi connectivity index (χ0n) is 16.4. The second-order valence-electron chi connectivity index (χ2n) is 6.83. The molecule has 0 aliphatic carbocycles. The normalized spacial score (nSPS) is 10.3. The minimum Gasteiger partial charge on any atom is -0.368 e. The van der Waals surface area contributed by atoms with Crippen LogP contribution in [0.3, 0.4) is 0 Å². The van der Waals surface area contributed by atoms with Crippen LogP contribution in [-0.2, 0) is 17.6 Å². The Balaban J connectivity index is 1.70. The molecular formula is C24H23N3O3. The summed E-state index contributed by atoms with van der Waals surface area (Å²) in [6.45, 7) is -0.246. The van der Waals surface area contributed by atoms with Crippen LogP contribution in [-0.4, -0.2) is 24.3 Å². The van der Waals surface area contributed by atoms with E-state index in [1.165, 1.54) is 5.56 Å². The van der Waals surface area contributed by atoms with Crippen molar-refractivity contribution >= 4 is 23.4 Å². The van der Waals surface area contributed by atoms with Gasteiger partial charge in [0.1, 0.15) is 0 Å². The summed E-state index contributed by atoms with van der Waals surface area (Å²) in [5, 5.41) is 5.27. The molecule has 3 aromatic carbocycles. The Labute approximate surface area is 175 Å². The van der Waals surface area contributed by atoms with Crippen molar-refractivity contribution in [1.82, 2.24) is 5.32 Å². The number of carbonyl (C=O) groups excluding carboxylic acids is 3. The quantitative estimate of drug-likeness (QED) is 0.541. The smallest absolute Gasteiger partial charge is 0.255 e. The van der Waals surface area contributed by atoms with E-state index in [4.69, 9.17) is 5.73 Å². The molecule has 0 aliphatic heterocycles. The van der Waals surface area contributed by atoms with Gasteiger partial charge >= 0.3 is 0 Å². The summed E-state index contributed by atoms with van der Waals surface area (Å²) in [5.74, 6) is -1.30. The van der Waals surface area contributed by atoms with Crippen LogP contribution in [0.2, 0.25) is 0 Å². The highest BCUT2D eigenvalue weighted by molar-refractivity contribution is 6.06. The summed E-state index contributed by atoms with van der Waals surface area (Å²) >= 11 is 0. The van der Waals surface area contributed by atoms with Gasteiger partial charge < -0.3 is 16.4 Å². The summed E-state index contributed by atoms with van der Waals surface area (Å²) in [7, 11) is 0. The van der Waals surface area contributed by atoms with Crippen molar-refractivity contribution in [3.63, 3.8) is 0 Å². The van der Waals surface area contributed by atoms with E-state index in [9.17, 15) is 14.4 Å². The molecule has 0 radical (unpaired) electrons. The predicted molar refractivity (Wildman–Crippen MR) is 116 cm³/mol. The summed E-state index contributed by atoms with van der Waals surface area (Å²) in [4.78, 5) is 35.8. The Morgan fingerprint density at radius 1 is 0.767 bits per heavy atom. The number of nitrogens with two attached hydrogens (primary N) is 1. The number of aryl methyl sites for hydroxylation is 2. The lowest BCUT2D eigenvalue weighted by molar-refractivity contribution is -0.117. The first-order valence-electron chi connectivity index (χ1n) is 9.62. The number of anilines is 1. The van der Waals surface area contributed by atoms with Gasteiger partial charge in [-0.05, 0) is 48.2 Å². The molecule has 3 amide bonds. The largest absolute Gasteiger partial charge is 0.368 e. The highest BCUT2D eigenvalue weighted by atomic mass is 16.2. The first-order valence-corrected chi connectivity index (χ1v) is 9.62. The average molecular weight is 401 g/mol. The molecule has 6 heteroatoms. The number of benzene rings is 3. The molecule has 0 atom stereocenters. The molecule has 152 valence electrons.